The van der Waals surface area contributed by atoms with Crippen LogP contribution in [0.25, 0.3) is 0 Å². The molecule has 1 aromatic heterocycles. The first-order valence-electron chi connectivity index (χ1n) is 8.02. The van der Waals surface area contributed by atoms with Gasteiger partial charge < -0.3 is 15.8 Å². The Kier molecular flexibility index (Phi) is 4.11. The summed E-state index contributed by atoms with van der Waals surface area (Å²) in [5.41, 5.74) is 7.92. The Morgan fingerprint density at radius 2 is 1.92 bits per heavy atom. The summed E-state index contributed by atoms with van der Waals surface area (Å²) in [6.45, 7) is 0.481. The molecule has 1 amide bonds. The SMILES string of the molecule is Nc1nc2c(s1)C(c1ccccc1OCc1ccccc1)CC(=O)N2. The average molecular weight is 351 g/mol. The maximum absolute atomic E-state index is 12.1. The van der Waals surface area contributed by atoms with E-state index in [2.05, 4.69) is 10.3 Å². The number of carbonyl (C=O) groups excluding carboxylic acids is 1. The van der Waals surface area contributed by atoms with Crippen LogP contribution in [0.2, 0.25) is 0 Å². The number of para-hydroxylation sites is 1. The molecule has 4 rings (SSSR count). The number of hydrogen-bond donors (Lipinski definition) is 2. The first kappa shape index (κ1) is 15.7. The fraction of sp³-hybridized carbons (Fsp3) is 0.158. The van der Waals surface area contributed by atoms with E-state index in [0.29, 0.717) is 24.0 Å². The average Bonchev–Trinajstić information content (AvgIpc) is 3.00. The lowest BCUT2D eigenvalue weighted by Gasteiger charge is -2.23. The Labute approximate surface area is 149 Å². The molecule has 0 fully saturated rings. The van der Waals surface area contributed by atoms with Gasteiger partial charge in [-0.05, 0) is 11.6 Å². The van der Waals surface area contributed by atoms with Gasteiger partial charge in [-0.2, -0.15) is 0 Å². The van der Waals surface area contributed by atoms with Gasteiger partial charge in [-0.1, -0.05) is 59.9 Å². The van der Waals surface area contributed by atoms with E-state index >= 15 is 0 Å². The minimum absolute atomic E-state index is 0.0549. The summed E-state index contributed by atoms with van der Waals surface area (Å²) in [6, 6.07) is 17.9. The molecule has 2 aromatic carbocycles. The Morgan fingerprint density at radius 3 is 2.76 bits per heavy atom. The molecule has 3 N–H and O–H groups in total. The van der Waals surface area contributed by atoms with Gasteiger partial charge in [-0.3, -0.25) is 4.79 Å². The van der Waals surface area contributed by atoms with Gasteiger partial charge in [-0.25, -0.2) is 4.98 Å². The third-order valence-corrected chi connectivity index (χ3v) is 5.16. The molecule has 0 saturated carbocycles. The molecule has 1 aliphatic rings. The predicted molar refractivity (Wildman–Crippen MR) is 98.8 cm³/mol. The lowest BCUT2D eigenvalue weighted by molar-refractivity contribution is -0.116. The zero-order valence-electron chi connectivity index (χ0n) is 13.4. The highest BCUT2D eigenvalue weighted by molar-refractivity contribution is 7.16. The molecule has 126 valence electrons. The largest absolute Gasteiger partial charge is 0.489 e. The van der Waals surface area contributed by atoms with Crippen molar-refractivity contribution in [2.24, 2.45) is 0 Å². The van der Waals surface area contributed by atoms with E-state index in [1.54, 1.807) is 0 Å². The molecule has 5 nitrogen and oxygen atoms in total. The zero-order valence-corrected chi connectivity index (χ0v) is 14.3. The van der Waals surface area contributed by atoms with Crippen LogP contribution >= 0.6 is 11.3 Å². The molecule has 2 heterocycles. The van der Waals surface area contributed by atoms with E-state index in [1.165, 1.54) is 11.3 Å². The topological polar surface area (TPSA) is 77.2 Å². The lowest BCUT2D eigenvalue weighted by Crippen LogP contribution is -2.23. The molecule has 0 spiro atoms. The summed E-state index contributed by atoms with van der Waals surface area (Å²) in [5.74, 6) is 1.21. The van der Waals surface area contributed by atoms with Crippen molar-refractivity contribution in [2.45, 2.75) is 18.9 Å². The Morgan fingerprint density at radius 1 is 1.16 bits per heavy atom. The van der Waals surface area contributed by atoms with Crippen LogP contribution in [0, 0.1) is 0 Å². The van der Waals surface area contributed by atoms with Crippen molar-refractivity contribution in [2.75, 3.05) is 11.1 Å². The number of nitrogen functional groups attached to an aromatic ring is 1. The summed E-state index contributed by atoms with van der Waals surface area (Å²) < 4.78 is 6.05. The minimum Gasteiger partial charge on any atom is -0.489 e. The number of anilines is 2. The van der Waals surface area contributed by atoms with E-state index in [9.17, 15) is 4.79 Å². The second kappa shape index (κ2) is 6.57. The number of amides is 1. The molecule has 6 heteroatoms. The highest BCUT2D eigenvalue weighted by Gasteiger charge is 2.31. The second-order valence-corrected chi connectivity index (χ2v) is 6.94. The van der Waals surface area contributed by atoms with Gasteiger partial charge in [-0.15, -0.1) is 0 Å². The van der Waals surface area contributed by atoms with E-state index < -0.39 is 0 Å². The van der Waals surface area contributed by atoms with Crippen molar-refractivity contribution >= 4 is 28.2 Å². The van der Waals surface area contributed by atoms with Crippen LogP contribution in [0.4, 0.5) is 10.9 Å². The van der Waals surface area contributed by atoms with Crippen molar-refractivity contribution in [3.05, 3.63) is 70.6 Å². The van der Waals surface area contributed by atoms with Crippen molar-refractivity contribution in [1.82, 2.24) is 4.98 Å². The van der Waals surface area contributed by atoms with Crippen LogP contribution in [0.15, 0.2) is 54.6 Å². The highest BCUT2D eigenvalue weighted by atomic mass is 32.1. The van der Waals surface area contributed by atoms with Gasteiger partial charge in [0, 0.05) is 17.9 Å². The number of rotatable bonds is 4. The highest BCUT2D eigenvalue weighted by Crippen LogP contribution is 2.44. The molecule has 3 aromatic rings. The Hall–Kier alpha value is -2.86. The third kappa shape index (κ3) is 3.21. The maximum Gasteiger partial charge on any atom is 0.226 e. The third-order valence-electron chi connectivity index (χ3n) is 4.17. The Balaban J connectivity index is 1.66. The van der Waals surface area contributed by atoms with Crippen molar-refractivity contribution in [3.63, 3.8) is 0 Å². The number of fused-ring (bicyclic) bond motifs is 1. The van der Waals surface area contributed by atoms with E-state index in [1.807, 2.05) is 54.6 Å². The number of ether oxygens (including phenoxy) is 1. The van der Waals surface area contributed by atoms with Gasteiger partial charge in [0.15, 0.2) is 5.13 Å². The lowest BCUT2D eigenvalue weighted by atomic mass is 9.91. The number of benzene rings is 2. The van der Waals surface area contributed by atoms with Gasteiger partial charge in [0.1, 0.15) is 18.2 Å². The number of carbonyl (C=O) groups is 1. The molecule has 25 heavy (non-hydrogen) atoms. The monoisotopic (exact) mass is 351 g/mol. The Bertz CT molecular complexity index is 908. The van der Waals surface area contributed by atoms with Crippen LogP contribution in [-0.4, -0.2) is 10.9 Å². The number of nitrogens with one attached hydrogen (secondary N) is 1. The summed E-state index contributed by atoms with van der Waals surface area (Å²) in [7, 11) is 0. The molecule has 1 atom stereocenters. The molecular formula is C19H17N3O2S. The van der Waals surface area contributed by atoms with Crippen molar-refractivity contribution in [1.29, 1.82) is 0 Å². The van der Waals surface area contributed by atoms with Crippen LogP contribution in [0.3, 0.4) is 0 Å². The minimum atomic E-state index is -0.0921. The summed E-state index contributed by atoms with van der Waals surface area (Å²) >= 11 is 1.41. The number of hydrogen-bond acceptors (Lipinski definition) is 5. The van der Waals surface area contributed by atoms with Gasteiger partial charge in [0.2, 0.25) is 5.91 Å². The smallest absolute Gasteiger partial charge is 0.226 e. The summed E-state index contributed by atoms with van der Waals surface area (Å²) in [6.07, 6.45) is 0.361. The second-order valence-electron chi connectivity index (χ2n) is 5.88. The van der Waals surface area contributed by atoms with Crippen LogP contribution in [0.1, 0.15) is 28.3 Å². The van der Waals surface area contributed by atoms with Crippen LogP contribution in [-0.2, 0) is 11.4 Å². The number of thiazole rings is 1. The molecule has 0 aliphatic carbocycles. The number of nitrogens with zero attached hydrogens (tertiary/aromatic N) is 1. The first-order valence-corrected chi connectivity index (χ1v) is 8.84. The van der Waals surface area contributed by atoms with Crippen LogP contribution < -0.4 is 15.8 Å². The summed E-state index contributed by atoms with van der Waals surface area (Å²) in [4.78, 5) is 17.3. The predicted octanol–water partition coefficient (Wildman–Crippen LogP) is 3.78. The van der Waals surface area contributed by atoms with Gasteiger partial charge in [0.25, 0.3) is 0 Å². The normalized spacial score (nSPS) is 16.2. The molecule has 0 radical (unpaired) electrons. The van der Waals surface area contributed by atoms with Gasteiger partial charge >= 0.3 is 0 Å². The van der Waals surface area contributed by atoms with E-state index in [4.69, 9.17) is 10.5 Å². The van der Waals surface area contributed by atoms with Crippen molar-refractivity contribution in [3.8, 4) is 5.75 Å². The molecule has 0 saturated heterocycles. The standard InChI is InChI=1S/C19H17N3O2S/c20-19-22-18-17(25-19)14(10-16(23)21-18)13-8-4-5-9-15(13)24-11-12-6-2-1-3-7-12/h1-9,14H,10-11H2,(H2,20,22)(H,21,23). The van der Waals surface area contributed by atoms with Crippen molar-refractivity contribution < 1.29 is 9.53 Å². The van der Waals surface area contributed by atoms with E-state index in [0.717, 1.165) is 21.8 Å². The first-order chi connectivity index (χ1) is 12.2. The zero-order chi connectivity index (χ0) is 17.2. The fourth-order valence-electron chi connectivity index (χ4n) is 3.02. The van der Waals surface area contributed by atoms with Gasteiger partial charge in [0.05, 0.1) is 4.88 Å². The number of aromatic nitrogens is 1. The quantitative estimate of drug-likeness (QED) is 0.750. The van der Waals surface area contributed by atoms with Crippen LogP contribution in [0.5, 0.6) is 5.75 Å². The molecule has 1 unspecified atom stereocenters. The molecule has 1 aliphatic heterocycles. The molecular weight excluding hydrogens is 334 g/mol. The fourth-order valence-corrected chi connectivity index (χ4v) is 3.93. The number of nitrogens with two attached hydrogens (primary N) is 1. The summed E-state index contributed by atoms with van der Waals surface area (Å²) in [5, 5.41) is 3.26. The maximum atomic E-state index is 12.1. The van der Waals surface area contributed by atoms with E-state index in [-0.39, 0.29) is 11.8 Å². The molecule has 0 bridgehead atoms.